The third-order valence-corrected chi connectivity index (χ3v) is 4.30. The molecule has 3 atom stereocenters. The van der Waals surface area contributed by atoms with E-state index in [0.29, 0.717) is 12.6 Å². The van der Waals surface area contributed by atoms with E-state index in [9.17, 15) is 5.26 Å². The molecule has 0 aromatic heterocycles. The highest BCUT2D eigenvalue weighted by atomic mass is 16.5. The average molecular weight is 256 g/mol. The van der Waals surface area contributed by atoms with Gasteiger partial charge in [0.05, 0.1) is 18.0 Å². The highest BCUT2D eigenvalue weighted by Crippen LogP contribution is 2.33. The standard InChI is InChI=1S/C16H20N2O/c17-10-12-6-2-1-3-8-14(12)18-15-11-19-16-9-5-4-7-13(15)16/h4-5,7,9,12,14-15,18H,1-3,6,8,11H2. The Balaban J connectivity index is 1.73. The molecule has 3 rings (SSSR count). The molecule has 0 spiro atoms. The number of nitrogens with one attached hydrogen (secondary N) is 1. The van der Waals surface area contributed by atoms with Crippen LogP contribution < -0.4 is 10.1 Å². The van der Waals surface area contributed by atoms with Crippen LogP contribution in [-0.4, -0.2) is 12.6 Å². The third-order valence-electron chi connectivity index (χ3n) is 4.30. The largest absolute Gasteiger partial charge is 0.491 e. The molecule has 1 aliphatic heterocycles. The first kappa shape index (κ1) is 12.5. The summed E-state index contributed by atoms with van der Waals surface area (Å²) in [6.45, 7) is 0.688. The lowest BCUT2D eigenvalue weighted by molar-refractivity contribution is 0.277. The van der Waals surface area contributed by atoms with E-state index in [1.54, 1.807) is 0 Å². The van der Waals surface area contributed by atoms with E-state index >= 15 is 0 Å². The Morgan fingerprint density at radius 3 is 2.89 bits per heavy atom. The van der Waals surface area contributed by atoms with Crippen LogP contribution in [0.1, 0.15) is 43.7 Å². The first-order valence-corrected chi connectivity index (χ1v) is 7.26. The number of nitriles is 1. The summed E-state index contributed by atoms with van der Waals surface area (Å²) < 4.78 is 5.71. The fraction of sp³-hybridized carbons (Fsp3) is 0.562. The SMILES string of the molecule is N#CC1CCCCCC1NC1COc2ccccc21. The molecule has 0 bridgehead atoms. The van der Waals surface area contributed by atoms with Crippen LogP contribution in [-0.2, 0) is 0 Å². The zero-order chi connectivity index (χ0) is 13.1. The van der Waals surface area contributed by atoms with Gasteiger partial charge in [0.25, 0.3) is 0 Å². The van der Waals surface area contributed by atoms with Crippen LogP contribution >= 0.6 is 0 Å². The van der Waals surface area contributed by atoms with Crippen LogP contribution in [0, 0.1) is 17.2 Å². The molecular weight excluding hydrogens is 236 g/mol. The quantitative estimate of drug-likeness (QED) is 0.827. The molecule has 1 fully saturated rings. The summed E-state index contributed by atoms with van der Waals surface area (Å²) in [5, 5.41) is 13.0. The van der Waals surface area contributed by atoms with Gasteiger partial charge >= 0.3 is 0 Å². The number of benzene rings is 1. The van der Waals surface area contributed by atoms with E-state index < -0.39 is 0 Å². The molecule has 1 aliphatic carbocycles. The third kappa shape index (κ3) is 2.59. The number of hydrogen-bond acceptors (Lipinski definition) is 3. The van der Waals surface area contributed by atoms with Gasteiger partial charge in [-0.15, -0.1) is 0 Å². The maximum absolute atomic E-state index is 9.33. The van der Waals surface area contributed by atoms with E-state index in [1.165, 1.54) is 24.8 Å². The summed E-state index contributed by atoms with van der Waals surface area (Å²) in [6, 6.07) is 11.2. The highest BCUT2D eigenvalue weighted by molar-refractivity contribution is 5.39. The lowest BCUT2D eigenvalue weighted by Gasteiger charge is -2.24. The molecule has 0 saturated heterocycles. The summed E-state index contributed by atoms with van der Waals surface area (Å²) in [5.74, 6) is 1.14. The van der Waals surface area contributed by atoms with Crippen LogP contribution in [0.5, 0.6) is 5.75 Å². The second-order valence-corrected chi connectivity index (χ2v) is 5.55. The summed E-state index contributed by atoms with van der Waals surface area (Å²) in [6.07, 6.45) is 5.81. The van der Waals surface area contributed by atoms with Crippen molar-refractivity contribution in [1.82, 2.24) is 5.32 Å². The van der Waals surface area contributed by atoms with Crippen molar-refractivity contribution in [1.29, 1.82) is 5.26 Å². The lowest BCUT2D eigenvalue weighted by Crippen LogP contribution is -2.38. The van der Waals surface area contributed by atoms with Gasteiger partial charge in [-0.3, -0.25) is 0 Å². The second-order valence-electron chi connectivity index (χ2n) is 5.55. The smallest absolute Gasteiger partial charge is 0.124 e. The van der Waals surface area contributed by atoms with Crippen molar-refractivity contribution in [2.45, 2.75) is 44.2 Å². The van der Waals surface area contributed by atoms with E-state index in [0.717, 1.165) is 18.6 Å². The molecule has 100 valence electrons. The molecule has 1 saturated carbocycles. The maximum Gasteiger partial charge on any atom is 0.124 e. The molecule has 19 heavy (non-hydrogen) atoms. The molecule has 0 amide bonds. The molecule has 3 unspecified atom stereocenters. The Morgan fingerprint density at radius 1 is 1.16 bits per heavy atom. The van der Waals surface area contributed by atoms with Crippen LogP contribution in [0.3, 0.4) is 0 Å². The molecular formula is C16H20N2O. The fourth-order valence-corrected chi connectivity index (χ4v) is 3.22. The minimum atomic E-state index is 0.148. The van der Waals surface area contributed by atoms with Gasteiger partial charge in [-0.05, 0) is 18.9 Å². The molecule has 3 nitrogen and oxygen atoms in total. The topological polar surface area (TPSA) is 45.0 Å². The molecule has 1 aromatic carbocycles. The van der Waals surface area contributed by atoms with E-state index in [4.69, 9.17) is 4.74 Å². The molecule has 0 radical (unpaired) electrons. The van der Waals surface area contributed by atoms with Gasteiger partial charge in [0.15, 0.2) is 0 Å². The van der Waals surface area contributed by atoms with E-state index in [2.05, 4.69) is 23.5 Å². The first-order valence-electron chi connectivity index (χ1n) is 7.26. The minimum Gasteiger partial charge on any atom is -0.491 e. The highest BCUT2D eigenvalue weighted by Gasteiger charge is 2.30. The number of hydrogen-bond donors (Lipinski definition) is 1. The average Bonchev–Trinajstić information content (AvgIpc) is 2.71. The number of ether oxygens (including phenoxy) is 1. The van der Waals surface area contributed by atoms with Crippen molar-refractivity contribution in [3.05, 3.63) is 29.8 Å². The summed E-state index contributed by atoms with van der Waals surface area (Å²) in [7, 11) is 0. The van der Waals surface area contributed by atoms with Gasteiger partial charge in [-0.1, -0.05) is 37.5 Å². The van der Waals surface area contributed by atoms with Crippen LogP contribution in [0.25, 0.3) is 0 Å². The van der Waals surface area contributed by atoms with Gasteiger partial charge in [0.2, 0.25) is 0 Å². The number of fused-ring (bicyclic) bond motifs is 1. The van der Waals surface area contributed by atoms with Crippen molar-refractivity contribution in [2.75, 3.05) is 6.61 Å². The molecule has 2 aliphatic rings. The molecule has 1 heterocycles. The Kier molecular flexibility index (Phi) is 3.70. The molecule has 1 aromatic rings. The summed E-state index contributed by atoms with van der Waals surface area (Å²) in [5.41, 5.74) is 1.24. The predicted octanol–water partition coefficient (Wildman–Crippen LogP) is 3.18. The molecule has 1 N–H and O–H groups in total. The zero-order valence-corrected chi connectivity index (χ0v) is 11.1. The summed E-state index contributed by atoms with van der Waals surface area (Å²) in [4.78, 5) is 0. The predicted molar refractivity (Wildman–Crippen MR) is 73.8 cm³/mol. The lowest BCUT2D eigenvalue weighted by atomic mass is 9.95. The fourth-order valence-electron chi connectivity index (χ4n) is 3.22. The van der Waals surface area contributed by atoms with Crippen LogP contribution in [0.2, 0.25) is 0 Å². The first-order chi connectivity index (χ1) is 9.38. The van der Waals surface area contributed by atoms with Crippen molar-refractivity contribution >= 4 is 0 Å². The van der Waals surface area contributed by atoms with Gasteiger partial charge in [0, 0.05) is 11.6 Å². The Morgan fingerprint density at radius 2 is 2.00 bits per heavy atom. The minimum absolute atomic E-state index is 0.148. The normalized spacial score (nSPS) is 29.9. The number of para-hydroxylation sites is 1. The second kappa shape index (κ2) is 5.63. The molecule has 3 heteroatoms. The van der Waals surface area contributed by atoms with Crippen molar-refractivity contribution in [2.24, 2.45) is 5.92 Å². The van der Waals surface area contributed by atoms with Crippen LogP contribution in [0.4, 0.5) is 0 Å². The van der Waals surface area contributed by atoms with Gasteiger partial charge in [0.1, 0.15) is 12.4 Å². The number of nitrogens with zero attached hydrogens (tertiary/aromatic N) is 1. The van der Waals surface area contributed by atoms with Gasteiger partial charge < -0.3 is 10.1 Å². The van der Waals surface area contributed by atoms with Crippen molar-refractivity contribution < 1.29 is 4.74 Å². The Labute approximate surface area is 114 Å². The van der Waals surface area contributed by atoms with Gasteiger partial charge in [-0.2, -0.15) is 5.26 Å². The maximum atomic E-state index is 9.33. The zero-order valence-electron chi connectivity index (χ0n) is 11.1. The van der Waals surface area contributed by atoms with E-state index in [1.807, 2.05) is 12.1 Å². The number of rotatable bonds is 2. The Hall–Kier alpha value is -1.53. The summed E-state index contributed by atoms with van der Waals surface area (Å²) >= 11 is 0. The monoisotopic (exact) mass is 256 g/mol. The van der Waals surface area contributed by atoms with Crippen LogP contribution in [0.15, 0.2) is 24.3 Å². The van der Waals surface area contributed by atoms with Gasteiger partial charge in [-0.25, -0.2) is 0 Å². The van der Waals surface area contributed by atoms with E-state index in [-0.39, 0.29) is 12.0 Å². The van der Waals surface area contributed by atoms with Crippen molar-refractivity contribution in [3.63, 3.8) is 0 Å². The Bertz CT molecular complexity index is 480. The van der Waals surface area contributed by atoms with Crippen molar-refractivity contribution in [3.8, 4) is 11.8 Å².